The summed E-state index contributed by atoms with van der Waals surface area (Å²) in [5.74, 6) is -0.368. The third-order valence-corrected chi connectivity index (χ3v) is 4.64. The highest BCUT2D eigenvalue weighted by atomic mass is 16.3. The van der Waals surface area contributed by atoms with E-state index < -0.39 is 0 Å². The number of hydrogen-bond donors (Lipinski definition) is 2. The molecule has 1 aromatic heterocycles. The summed E-state index contributed by atoms with van der Waals surface area (Å²) in [7, 11) is 0. The van der Waals surface area contributed by atoms with E-state index in [-0.39, 0.29) is 23.5 Å². The second kappa shape index (κ2) is 7.01. The van der Waals surface area contributed by atoms with Gasteiger partial charge in [0.1, 0.15) is 11.6 Å². The Morgan fingerprint density at radius 1 is 1.52 bits per heavy atom. The molecule has 1 heterocycles. The van der Waals surface area contributed by atoms with Gasteiger partial charge >= 0.3 is 0 Å². The van der Waals surface area contributed by atoms with Crippen LogP contribution in [0.2, 0.25) is 0 Å². The third kappa shape index (κ3) is 3.83. The molecule has 0 saturated heterocycles. The summed E-state index contributed by atoms with van der Waals surface area (Å²) in [5, 5.41) is 21.4. The van der Waals surface area contributed by atoms with Gasteiger partial charge < -0.3 is 15.0 Å². The van der Waals surface area contributed by atoms with Gasteiger partial charge in [-0.2, -0.15) is 5.26 Å². The number of aliphatic hydroxyl groups excluding tert-OH is 1. The molecule has 0 aromatic carbocycles. The topological polar surface area (TPSA) is 78.0 Å². The maximum Gasteiger partial charge on any atom is 0.261 e. The van der Waals surface area contributed by atoms with E-state index in [1.54, 1.807) is 6.08 Å². The van der Waals surface area contributed by atoms with Crippen LogP contribution < -0.4 is 5.32 Å². The molecule has 0 radical (unpaired) electrons. The molecule has 5 nitrogen and oxygen atoms in total. The fourth-order valence-electron chi connectivity index (χ4n) is 2.78. The summed E-state index contributed by atoms with van der Waals surface area (Å²) >= 11 is 0. The molecule has 1 aliphatic rings. The molecule has 1 amide bonds. The lowest BCUT2D eigenvalue weighted by molar-refractivity contribution is -0.117. The number of rotatable bonds is 7. The Bertz CT molecular complexity index is 661. The third-order valence-electron chi connectivity index (χ3n) is 4.64. The summed E-state index contributed by atoms with van der Waals surface area (Å²) < 4.78 is 2.20. The molecule has 0 atom stereocenters. The van der Waals surface area contributed by atoms with Crippen molar-refractivity contribution >= 4 is 12.0 Å². The molecule has 23 heavy (non-hydrogen) atoms. The molecule has 1 aromatic rings. The molecule has 5 heteroatoms. The minimum Gasteiger partial charge on any atom is -0.396 e. The van der Waals surface area contributed by atoms with Gasteiger partial charge in [0.05, 0.1) is 6.61 Å². The number of nitriles is 1. The monoisotopic (exact) mass is 315 g/mol. The second-order valence-corrected chi connectivity index (χ2v) is 6.49. The molecular weight excluding hydrogens is 290 g/mol. The first-order valence-electron chi connectivity index (χ1n) is 8.14. The number of nitrogens with zero attached hydrogens (tertiary/aromatic N) is 2. The fourth-order valence-corrected chi connectivity index (χ4v) is 2.78. The van der Waals surface area contributed by atoms with Crippen molar-refractivity contribution in [1.82, 2.24) is 9.88 Å². The van der Waals surface area contributed by atoms with Gasteiger partial charge in [0.25, 0.3) is 5.91 Å². The normalized spacial score (nSPS) is 16.0. The van der Waals surface area contributed by atoms with E-state index in [1.165, 1.54) is 0 Å². The van der Waals surface area contributed by atoms with E-state index in [0.717, 1.165) is 42.8 Å². The van der Waals surface area contributed by atoms with Crippen molar-refractivity contribution in [3.05, 3.63) is 28.6 Å². The van der Waals surface area contributed by atoms with E-state index in [0.29, 0.717) is 6.54 Å². The van der Waals surface area contributed by atoms with Crippen LogP contribution in [0.5, 0.6) is 0 Å². The van der Waals surface area contributed by atoms with E-state index in [9.17, 15) is 15.2 Å². The van der Waals surface area contributed by atoms with Gasteiger partial charge in [0.2, 0.25) is 0 Å². The minimum atomic E-state index is -0.368. The number of aryl methyl sites for hydroxylation is 1. The van der Waals surface area contributed by atoms with E-state index in [4.69, 9.17) is 0 Å². The van der Waals surface area contributed by atoms with Crippen molar-refractivity contribution in [3.63, 3.8) is 0 Å². The largest absolute Gasteiger partial charge is 0.396 e. The second-order valence-electron chi connectivity index (χ2n) is 6.49. The highest BCUT2D eigenvalue weighted by molar-refractivity contribution is 6.01. The van der Waals surface area contributed by atoms with Crippen molar-refractivity contribution < 1.29 is 9.90 Å². The van der Waals surface area contributed by atoms with E-state index >= 15 is 0 Å². The van der Waals surface area contributed by atoms with Gasteiger partial charge in [-0.15, -0.1) is 0 Å². The average molecular weight is 315 g/mol. The first-order valence-corrected chi connectivity index (χ1v) is 8.14. The Morgan fingerprint density at radius 3 is 2.74 bits per heavy atom. The maximum absolute atomic E-state index is 12.2. The lowest BCUT2D eigenvalue weighted by Crippen LogP contribution is -2.32. The van der Waals surface area contributed by atoms with Crippen LogP contribution in [0, 0.1) is 30.6 Å². The summed E-state index contributed by atoms with van der Waals surface area (Å²) in [5.41, 5.74) is 3.05. The molecule has 1 aliphatic carbocycles. The number of nitrogens with one attached hydrogen (secondary N) is 1. The molecule has 1 saturated carbocycles. The first-order chi connectivity index (χ1) is 11.0. The van der Waals surface area contributed by atoms with Crippen LogP contribution in [0.15, 0.2) is 11.6 Å². The van der Waals surface area contributed by atoms with Gasteiger partial charge in [0.15, 0.2) is 0 Å². The summed E-state index contributed by atoms with van der Waals surface area (Å²) in [6.07, 6.45) is 4.54. The summed E-state index contributed by atoms with van der Waals surface area (Å²) in [6.45, 7) is 7.60. The fraction of sp³-hybridized carbons (Fsp3) is 0.556. The van der Waals surface area contributed by atoms with Crippen LogP contribution >= 0.6 is 0 Å². The van der Waals surface area contributed by atoms with Gasteiger partial charge in [-0.05, 0) is 50.8 Å². The molecule has 0 bridgehead atoms. The predicted octanol–water partition coefficient (Wildman–Crippen LogP) is 2.31. The maximum atomic E-state index is 12.2. The lowest BCUT2D eigenvalue weighted by atomic mass is 10.1. The van der Waals surface area contributed by atoms with Crippen molar-refractivity contribution in [1.29, 1.82) is 5.26 Å². The quantitative estimate of drug-likeness (QED) is 0.599. The average Bonchev–Trinajstić information content (AvgIpc) is 3.28. The predicted molar refractivity (Wildman–Crippen MR) is 89.5 cm³/mol. The zero-order chi connectivity index (χ0) is 17.0. The standard InChI is InChI=1S/C18H25N3O2/c1-4-7-21-13(2)8-15(14(21)3)9-16(10-19)17(23)20-11-18(12-22)5-6-18/h8-9,22H,4-7,11-12H2,1-3H3,(H,20,23). The Hall–Kier alpha value is -2.06. The van der Waals surface area contributed by atoms with Gasteiger partial charge in [0, 0.05) is 29.9 Å². The van der Waals surface area contributed by atoms with E-state index in [2.05, 4.69) is 16.8 Å². The smallest absolute Gasteiger partial charge is 0.261 e. The Kier molecular flexibility index (Phi) is 5.27. The Balaban J connectivity index is 2.14. The highest BCUT2D eigenvalue weighted by Crippen LogP contribution is 2.44. The summed E-state index contributed by atoms with van der Waals surface area (Å²) in [4.78, 5) is 12.2. The SMILES string of the molecule is CCCn1c(C)cc(C=C(C#N)C(=O)NCC2(CO)CC2)c1C. The molecule has 0 aliphatic heterocycles. The summed E-state index contributed by atoms with van der Waals surface area (Å²) in [6, 6.07) is 4.00. The lowest BCUT2D eigenvalue weighted by Gasteiger charge is -2.12. The zero-order valence-corrected chi connectivity index (χ0v) is 14.1. The Morgan fingerprint density at radius 2 is 2.22 bits per heavy atom. The van der Waals surface area contributed by atoms with Crippen molar-refractivity contribution in [2.45, 2.75) is 46.6 Å². The van der Waals surface area contributed by atoms with Crippen LogP contribution in [-0.4, -0.2) is 28.7 Å². The number of amides is 1. The van der Waals surface area contributed by atoms with Crippen LogP contribution in [0.3, 0.4) is 0 Å². The number of aliphatic hydroxyl groups is 1. The number of carbonyl (C=O) groups excluding carboxylic acids is 1. The minimum absolute atomic E-state index is 0.0804. The molecule has 0 spiro atoms. The van der Waals surface area contributed by atoms with Gasteiger partial charge in [-0.1, -0.05) is 6.92 Å². The highest BCUT2D eigenvalue weighted by Gasteiger charge is 2.42. The molecule has 2 rings (SSSR count). The van der Waals surface area contributed by atoms with Crippen LogP contribution in [-0.2, 0) is 11.3 Å². The van der Waals surface area contributed by atoms with Crippen molar-refractivity contribution in [2.24, 2.45) is 5.41 Å². The number of aromatic nitrogens is 1. The molecular formula is C18H25N3O2. The van der Waals surface area contributed by atoms with Crippen molar-refractivity contribution in [3.8, 4) is 6.07 Å². The Labute approximate surface area is 137 Å². The van der Waals surface area contributed by atoms with Crippen molar-refractivity contribution in [2.75, 3.05) is 13.2 Å². The van der Waals surface area contributed by atoms with Gasteiger partial charge in [-0.25, -0.2) is 0 Å². The molecule has 124 valence electrons. The number of carbonyl (C=O) groups is 1. The van der Waals surface area contributed by atoms with Gasteiger partial charge in [-0.3, -0.25) is 4.79 Å². The van der Waals surface area contributed by atoms with Crippen LogP contribution in [0.1, 0.15) is 43.1 Å². The molecule has 0 unspecified atom stereocenters. The molecule has 1 fully saturated rings. The molecule has 2 N–H and O–H groups in total. The zero-order valence-electron chi connectivity index (χ0n) is 14.1. The number of hydrogen-bond acceptors (Lipinski definition) is 3. The van der Waals surface area contributed by atoms with Crippen LogP contribution in [0.25, 0.3) is 6.08 Å². The first kappa shape index (κ1) is 17.3. The van der Waals surface area contributed by atoms with E-state index in [1.807, 2.05) is 26.0 Å². The van der Waals surface area contributed by atoms with Crippen LogP contribution in [0.4, 0.5) is 0 Å².